The summed E-state index contributed by atoms with van der Waals surface area (Å²) in [6, 6.07) is 23.6. The fourth-order valence-electron chi connectivity index (χ4n) is 1.89. The lowest BCUT2D eigenvalue weighted by atomic mass is 10.1. The number of rotatable bonds is 2. The van der Waals surface area contributed by atoms with Gasteiger partial charge < -0.3 is 0 Å². The fraction of sp³-hybridized carbons (Fsp3) is 0. The second-order valence-electron chi connectivity index (χ2n) is 4.04. The summed E-state index contributed by atoms with van der Waals surface area (Å²) in [6.45, 7) is 0. The topological polar surface area (TPSA) is 0 Å². The molecule has 0 heterocycles. The molecule has 0 bridgehead atoms. The van der Waals surface area contributed by atoms with Crippen LogP contribution < -0.4 is 0 Å². The minimum atomic E-state index is 1.29. The molecular formula is C16H11IS. The molecule has 0 amide bonds. The normalized spacial score (nSPS) is 10.7. The summed E-state index contributed by atoms with van der Waals surface area (Å²) in [5.74, 6) is 0. The van der Waals surface area contributed by atoms with Gasteiger partial charge in [0.1, 0.15) is 0 Å². The van der Waals surface area contributed by atoms with Gasteiger partial charge in [0.15, 0.2) is 0 Å². The van der Waals surface area contributed by atoms with Crippen molar-refractivity contribution >= 4 is 45.1 Å². The third kappa shape index (κ3) is 2.54. The summed E-state index contributed by atoms with van der Waals surface area (Å²) in [7, 11) is 0. The van der Waals surface area contributed by atoms with Gasteiger partial charge in [-0.1, -0.05) is 54.2 Å². The first-order valence-electron chi connectivity index (χ1n) is 5.74. The number of fused-ring (bicyclic) bond motifs is 1. The van der Waals surface area contributed by atoms with Crippen LogP contribution in [0.15, 0.2) is 76.5 Å². The first kappa shape index (κ1) is 12.1. The zero-order valence-electron chi connectivity index (χ0n) is 9.64. The van der Waals surface area contributed by atoms with Crippen molar-refractivity contribution in [2.24, 2.45) is 0 Å². The summed E-state index contributed by atoms with van der Waals surface area (Å²) < 4.78 is 1.30. The van der Waals surface area contributed by atoms with Crippen LogP contribution in [0.5, 0.6) is 0 Å². The predicted molar refractivity (Wildman–Crippen MR) is 87.2 cm³/mol. The van der Waals surface area contributed by atoms with Crippen LogP contribution in [0.3, 0.4) is 0 Å². The molecule has 3 rings (SSSR count). The van der Waals surface area contributed by atoms with Crippen LogP contribution in [-0.4, -0.2) is 0 Å². The highest BCUT2D eigenvalue weighted by Crippen LogP contribution is 2.32. The Morgan fingerprint density at radius 1 is 0.722 bits per heavy atom. The molecule has 18 heavy (non-hydrogen) atoms. The van der Waals surface area contributed by atoms with E-state index in [9.17, 15) is 0 Å². The van der Waals surface area contributed by atoms with Crippen LogP contribution in [0.1, 0.15) is 0 Å². The lowest BCUT2D eigenvalue weighted by Gasteiger charge is -2.05. The number of hydrogen-bond donors (Lipinski definition) is 0. The Hall–Kier alpha value is -1.00. The van der Waals surface area contributed by atoms with Crippen molar-refractivity contribution < 1.29 is 0 Å². The van der Waals surface area contributed by atoms with E-state index in [4.69, 9.17) is 0 Å². The maximum Gasteiger partial charge on any atom is 0.0269 e. The molecule has 0 saturated carbocycles. The summed E-state index contributed by atoms with van der Waals surface area (Å²) in [5.41, 5.74) is 0. The highest BCUT2D eigenvalue weighted by molar-refractivity contribution is 14.1. The lowest BCUT2D eigenvalue weighted by molar-refractivity contribution is 1.38. The maximum atomic E-state index is 2.38. The van der Waals surface area contributed by atoms with Crippen LogP contribution in [0.2, 0.25) is 0 Å². The van der Waals surface area contributed by atoms with Crippen molar-refractivity contribution in [1.82, 2.24) is 0 Å². The standard InChI is InChI=1S/C16H11IS/c17-15-7-3-4-8-16(15)18-14-10-9-12-5-1-2-6-13(12)11-14/h1-11H. The zero-order chi connectivity index (χ0) is 12.4. The molecule has 0 nitrogen and oxygen atoms in total. The fourth-order valence-corrected chi connectivity index (χ4v) is 3.49. The highest BCUT2D eigenvalue weighted by atomic mass is 127. The van der Waals surface area contributed by atoms with Gasteiger partial charge in [-0.15, -0.1) is 0 Å². The van der Waals surface area contributed by atoms with Gasteiger partial charge in [0.05, 0.1) is 0 Å². The van der Waals surface area contributed by atoms with Crippen LogP contribution in [0, 0.1) is 3.57 Å². The summed E-state index contributed by atoms with van der Waals surface area (Å²) in [5, 5.41) is 2.60. The van der Waals surface area contributed by atoms with Crippen LogP contribution in [0.25, 0.3) is 10.8 Å². The Morgan fingerprint density at radius 2 is 1.44 bits per heavy atom. The quantitative estimate of drug-likeness (QED) is 0.535. The summed E-state index contributed by atoms with van der Waals surface area (Å²) in [4.78, 5) is 2.60. The number of benzene rings is 3. The van der Waals surface area contributed by atoms with E-state index < -0.39 is 0 Å². The molecule has 0 N–H and O–H groups in total. The predicted octanol–water partition coefficient (Wildman–Crippen LogP) is 5.60. The molecule has 2 heteroatoms. The smallest absolute Gasteiger partial charge is 0.0269 e. The highest BCUT2D eigenvalue weighted by Gasteiger charge is 2.02. The summed E-state index contributed by atoms with van der Waals surface area (Å²) in [6.07, 6.45) is 0. The Labute approximate surface area is 125 Å². The van der Waals surface area contributed by atoms with Crippen molar-refractivity contribution in [3.8, 4) is 0 Å². The van der Waals surface area contributed by atoms with Gasteiger partial charge in [0, 0.05) is 13.4 Å². The third-order valence-electron chi connectivity index (χ3n) is 2.79. The average Bonchev–Trinajstić information content (AvgIpc) is 2.41. The van der Waals surface area contributed by atoms with Gasteiger partial charge in [-0.3, -0.25) is 0 Å². The minimum Gasteiger partial charge on any atom is -0.0890 e. The van der Waals surface area contributed by atoms with Crippen LogP contribution >= 0.6 is 34.4 Å². The van der Waals surface area contributed by atoms with E-state index in [1.807, 2.05) is 11.8 Å². The van der Waals surface area contributed by atoms with Crippen molar-refractivity contribution in [2.45, 2.75) is 9.79 Å². The van der Waals surface area contributed by atoms with E-state index in [0.717, 1.165) is 0 Å². The monoisotopic (exact) mass is 362 g/mol. The van der Waals surface area contributed by atoms with Gasteiger partial charge in [-0.25, -0.2) is 0 Å². The minimum absolute atomic E-state index is 1.29. The number of hydrogen-bond acceptors (Lipinski definition) is 1. The molecule has 0 aliphatic rings. The van der Waals surface area contributed by atoms with E-state index in [1.165, 1.54) is 24.1 Å². The van der Waals surface area contributed by atoms with Crippen molar-refractivity contribution in [2.75, 3.05) is 0 Å². The molecule has 0 unspecified atom stereocenters. The third-order valence-corrected chi connectivity index (χ3v) is 5.16. The second-order valence-corrected chi connectivity index (χ2v) is 6.32. The van der Waals surface area contributed by atoms with Gasteiger partial charge in [-0.05, 0) is 57.6 Å². The van der Waals surface area contributed by atoms with Gasteiger partial charge in [-0.2, -0.15) is 0 Å². The second kappa shape index (κ2) is 5.33. The zero-order valence-corrected chi connectivity index (χ0v) is 12.6. The molecule has 0 aliphatic carbocycles. The van der Waals surface area contributed by atoms with Crippen LogP contribution in [0.4, 0.5) is 0 Å². The van der Waals surface area contributed by atoms with Crippen LogP contribution in [-0.2, 0) is 0 Å². The maximum absolute atomic E-state index is 2.38. The largest absolute Gasteiger partial charge is 0.0890 e. The molecule has 0 aliphatic heterocycles. The molecule has 3 aromatic carbocycles. The number of halogens is 1. The molecule has 0 aromatic heterocycles. The van der Waals surface area contributed by atoms with Crippen molar-refractivity contribution in [1.29, 1.82) is 0 Å². The van der Waals surface area contributed by atoms with Crippen molar-refractivity contribution in [3.63, 3.8) is 0 Å². The van der Waals surface area contributed by atoms with Gasteiger partial charge in [0.25, 0.3) is 0 Å². The molecule has 88 valence electrons. The Kier molecular flexibility index (Phi) is 3.57. The molecule has 0 fully saturated rings. The van der Waals surface area contributed by atoms with E-state index in [-0.39, 0.29) is 0 Å². The first-order chi connectivity index (χ1) is 8.83. The molecule has 0 spiro atoms. The Balaban J connectivity index is 1.98. The molecule has 0 radical (unpaired) electrons. The van der Waals surface area contributed by atoms with Gasteiger partial charge in [0.2, 0.25) is 0 Å². The van der Waals surface area contributed by atoms with E-state index >= 15 is 0 Å². The van der Waals surface area contributed by atoms with Gasteiger partial charge >= 0.3 is 0 Å². The lowest BCUT2D eigenvalue weighted by Crippen LogP contribution is -1.79. The average molecular weight is 362 g/mol. The molecule has 0 saturated heterocycles. The first-order valence-corrected chi connectivity index (χ1v) is 7.64. The van der Waals surface area contributed by atoms with E-state index in [2.05, 4.69) is 89.3 Å². The molecular weight excluding hydrogens is 351 g/mol. The summed E-state index contributed by atoms with van der Waals surface area (Å²) >= 11 is 4.21. The van der Waals surface area contributed by atoms with E-state index in [1.54, 1.807) is 0 Å². The Morgan fingerprint density at radius 3 is 2.28 bits per heavy atom. The van der Waals surface area contributed by atoms with Crippen molar-refractivity contribution in [3.05, 3.63) is 70.3 Å². The Bertz CT molecular complexity index is 691. The molecule has 0 atom stereocenters. The van der Waals surface area contributed by atoms with E-state index in [0.29, 0.717) is 0 Å². The molecule has 3 aromatic rings. The SMILES string of the molecule is Ic1ccccc1Sc1ccc2ccccc2c1.